The zero-order valence-electron chi connectivity index (χ0n) is 10.4. The Morgan fingerprint density at radius 2 is 2.40 bits per heavy atom. The van der Waals surface area contributed by atoms with Crippen molar-refractivity contribution in [3.8, 4) is 0 Å². The first-order valence-corrected chi connectivity index (χ1v) is 5.98. The smallest absolute Gasteiger partial charge is 0.167 e. The molecule has 3 rings (SSSR count). The summed E-state index contributed by atoms with van der Waals surface area (Å²) in [7, 11) is 0. The minimum Gasteiger partial charge on any atom is -0.390 e. The molecule has 10 nitrogen and oxygen atoms in total. The van der Waals surface area contributed by atoms with Crippen LogP contribution < -0.4 is 5.73 Å². The molecule has 3 heterocycles. The average Bonchev–Trinajstić information content (AvgIpc) is 3.01. The van der Waals surface area contributed by atoms with E-state index in [9.17, 15) is 5.11 Å². The van der Waals surface area contributed by atoms with Gasteiger partial charge in [-0.3, -0.25) is 4.57 Å². The highest BCUT2D eigenvalue weighted by Gasteiger charge is 2.35. The lowest BCUT2D eigenvalue weighted by molar-refractivity contribution is -0.0114. The van der Waals surface area contributed by atoms with Gasteiger partial charge in [-0.25, -0.2) is 15.0 Å². The minimum atomic E-state index is -0.706. The molecular formula is C10H12N8O2. The lowest BCUT2D eigenvalue weighted by atomic mass is 10.2. The summed E-state index contributed by atoms with van der Waals surface area (Å²) in [6.07, 6.45) is 1.58. The van der Waals surface area contributed by atoms with Crippen LogP contribution in [0.3, 0.4) is 0 Å². The van der Waals surface area contributed by atoms with Gasteiger partial charge in [0.05, 0.1) is 25.1 Å². The number of azide groups is 1. The van der Waals surface area contributed by atoms with E-state index in [1.807, 2.05) is 0 Å². The second-order valence-electron chi connectivity index (χ2n) is 4.43. The molecule has 1 aliphatic heterocycles. The van der Waals surface area contributed by atoms with Gasteiger partial charge in [-0.1, -0.05) is 5.11 Å². The zero-order valence-corrected chi connectivity index (χ0v) is 10.4. The van der Waals surface area contributed by atoms with Gasteiger partial charge in [0.15, 0.2) is 11.5 Å². The van der Waals surface area contributed by atoms with Crippen LogP contribution in [-0.4, -0.2) is 43.4 Å². The Balaban J connectivity index is 1.89. The predicted molar refractivity (Wildman–Crippen MR) is 68.3 cm³/mol. The number of nitrogens with zero attached hydrogens (tertiary/aromatic N) is 7. The predicted octanol–water partition coefficient (Wildman–Crippen LogP) is 0.367. The van der Waals surface area contributed by atoms with Crippen molar-refractivity contribution in [1.82, 2.24) is 19.5 Å². The van der Waals surface area contributed by atoms with Crippen LogP contribution in [0.4, 0.5) is 5.82 Å². The topological polar surface area (TPSA) is 148 Å². The first-order chi connectivity index (χ1) is 9.70. The van der Waals surface area contributed by atoms with Crippen molar-refractivity contribution in [3.05, 3.63) is 23.1 Å². The third-order valence-electron chi connectivity index (χ3n) is 3.23. The highest BCUT2D eigenvalue weighted by Crippen LogP contribution is 2.31. The second kappa shape index (κ2) is 4.93. The number of imidazole rings is 1. The Labute approximate surface area is 112 Å². The third-order valence-corrected chi connectivity index (χ3v) is 3.23. The molecule has 0 aromatic carbocycles. The maximum Gasteiger partial charge on any atom is 0.167 e. The van der Waals surface area contributed by atoms with E-state index in [-0.39, 0.29) is 12.4 Å². The van der Waals surface area contributed by atoms with E-state index in [1.165, 1.54) is 6.33 Å². The summed E-state index contributed by atoms with van der Waals surface area (Å²) in [5.74, 6) is 0.290. The van der Waals surface area contributed by atoms with Gasteiger partial charge >= 0.3 is 0 Å². The monoisotopic (exact) mass is 276 g/mol. The number of aliphatic hydroxyl groups is 1. The van der Waals surface area contributed by atoms with Crippen molar-refractivity contribution in [2.45, 2.75) is 24.9 Å². The molecule has 1 aliphatic rings. The van der Waals surface area contributed by atoms with Gasteiger partial charge in [-0.2, -0.15) is 0 Å². The Morgan fingerprint density at radius 3 is 3.20 bits per heavy atom. The number of hydrogen-bond acceptors (Lipinski definition) is 7. The molecule has 104 valence electrons. The standard InChI is InChI=1S/C10H12N8O2/c11-9-8-10(14-3-13-9)18(4-15-8)7-1-5(19)6(20-7)2-16-17-12/h3-7,19H,1-2H2,(H2,11,13,14)/t5-,6+,7-/m0/s1. The summed E-state index contributed by atoms with van der Waals surface area (Å²) in [5, 5.41) is 13.3. The number of nitrogens with two attached hydrogens (primary N) is 1. The fourth-order valence-corrected chi connectivity index (χ4v) is 2.25. The molecule has 3 atom stereocenters. The molecule has 0 unspecified atom stereocenters. The highest BCUT2D eigenvalue weighted by molar-refractivity contribution is 5.81. The van der Waals surface area contributed by atoms with Gasteiger partial charge in [-0.15, -0.1) is 0 Å². The number of rotatable bonds is 3. The first kappa shape index (κ1) is 12.6. The van der Waals surface area contributed by atoms with Crippen molar-refractivity contribution in [1.29, 1.82) is 0 Å². The summed E-state index contributed by atoms with van der Waals surface area (Å²) in [6, 6.07) is 0. The number of fused-ring (bicyclic) bond motifs is 1. The van der Waals surface area contributed by atoms with Gasteiger partial charge in [0.1, 0.15) is 18.1 Å². The largest absolute Gasteiger partial charge is 0.390 e. The summed E-state index contributed by atoms with van der Waals surface area (Å²) in [6.45, 7) is 0.0813. The number of aromatic nitrogens is 4. The lowest BCUT2D eigenvalue weighted by Crippen LogP contribution is -2.23. The zero-order chi connectivity index (χ0) is 14.1. The fourth-order valence-electron chi connectivity index (χ4n) is 2.25. The lowest BCUT2D eigenvalue weighted by Gasteiger charge is -2.13. The number of ether oxygens (including phenoxy) is 1. The van der Waals surface area contributed by atoms with Crippen LogP contribution in [0, 0.1) is 0 Å². The molecule has 3 N–H and O–H groups in total. The minimum absolute atomic E-state index is 0.0813. The van der Waals surface area contributed by atoms with Gasteiger partial charge in [0, 0.05) is 11.3 Å². The molecular weight excluding hydrogens is 264 g/mol. The highest BCUT2D eigenvalue weighted by atomic mass is 16.5. The number of hydrogen-bond donors (Lipinski definition) is 2. The molecule has 1 saturated heterocycles. The van der Waals surface area contributed by atoms with Crippen LogP contribution in [0.2, 0.25) is 0 Å². The molecule has 1 fully saturated rings. The number of nitrogen functional groups attached to an aromatic ring is 1. The Kier molecular flexibility index (Phi) is 3.11. The number of anilines is 1. The van der Waals surface area contributed by atoms with Gasteiger partial charge in [0.25, 0.3) is 0 Å². The van der Waals surface area contributed by atoms with Gasteiger partial charge < -0.3 is 15.6 Å². The van der Waals surface area contributed by atoms with Crippen LogP contribution in [0.25, 0.3) is 21.6 Å². The SMILES string of the molecule is [N-]=[N+]=NC[C@H]1O[C@H](n2cnc3c(N)ncnc32)C[C@@H]1O. The van der Waals surface area contributed by atoms with Crippen LogP contribution in [0.1, 0.15) is 12.6 Å². The van der Waals surface area contributed by atoms with Crippen molar-refractivity contribution in [2.75, 3.05) is 12.3 Å². The second-order valence-corrected chi connectivity index (χ2v) is 4.43. The average molecular weight is 276 g/mol. The van der Waals surface area contributed by atoms with Crippen molar-refractivity contribution in [2.24, 2.45) is 5.11 Å². The van der Waals surface area contributed by atoms with Crippen molar-refractivity contribution >= 4 is 17.0 Å². The van der Waals surface area contributed by atoms with E-state index in [2.05, 4.69) is 25.0 Å². The maximum absolute atomic E-state index is 9.91. The molecule has 10 heteroatoms. The third kappa shape index (κ3) is 2.01. The normalized spacial score (nSPS) is 25.8. The van der Waals surface area contributed by atoms with Gasteiger partial charge in [0.2, 0.25) is 0 Å². The van der Waals surface area contributed by atoms with E-state index in [0.717, 1.165) is 0 Å². The van der Waals surface area contributed by atoms with E-state index in [4.69, 9.17) is 16.0 Å². The molecule has 2 aromatic rings. The van der Waals surface area contributed by atoms with E-state index in [0.29, 0.717) is 17.6 Å². The molecule has 0 amide bonds. The summed E-state index contributed by atoms with van der Waals surface area (Å²) in [5.41, 5.74) is 15.1. The maximum atomic E-state index is 9.91. The molecule has 0 saturated carbocycles. The van der Waals surface area contributed by atoms with Crippen LogP contribution in [0.5, 0.6) is 0 Å². The van der Waals surface area contributed by atoms with Crippen molar-refractivity contribution in [3.63, 3.8) is 0 Å². The first-order valence-electron chi connectivity index (χ1n) is 5.98. The molecule has 20 heavy (non-hydrogen) atoms. The summed E-state index contributed by atoms with van der Waals surface area (Å²) >= 11 is 0. The Bertz CT molecular complexity index is 679. The number of aliphatic hydroxyl groups excluding tert-OH is 1. The Morgan fingerprint density at radius 1 is 1.55 bits per heavy atom. The van der Waals surface area contributed by atoms with E-state index >= 15 is 0 Å². The molecule has 0 radical (unpaired) electrons. The van der Waals surface area contributed by atoms with E-state index in [1.54, 1.807) is 10.9 Å². The molecule has 0 bridgehead atoms. The van der Waals surface area contributed by atoms with Crippen LogP contribution in [-0.2, 0) is 4.74 Å². The quantitative estimate of drug-likeness (QED) is 0.470. The Hall–Kier alpha value is -2.42. The molecule has 2 aromatic heterocycles. The van der Waals surface area contributed by atoms with E-state index < -0.39 is 18.4 Å². The van der Waals surface area contributed by atoms with Gasteiger partial charge in [-0.05, 0) is 5.53 Å². The summed E-state index contributed by atoms with van der Waals surface area (Å²) in [4.78, 5) is 14.8. The van der Waals surface area contributed by atoms with Crippen LogP contribution in [0.15, 0.2) is 17.8 Å². The molecule has 0 aliphatic carbocycles. The van der Waals surface area contributed by atoms with Crippen molar-refractivity contribution < 1.29 is 9.84 Å². The summed E-state index contributed by atoms with van der Waals surface area (Å²) < 4.78 is 7.36. The van der Waals surface area contributed by atoms with Crippen LogP contribution >= 0.6 is 0 Å². The fraction of sp³-hybridized carbons (Fsp3) is 0.500. The molecule has 0 spiro atoms.